The van der Waals surface area contributed by atoms with Crippen LogP contribution in [0.5, 0.6) is 0 Å². The van der Waals surface area contributed by atoms with E-state index in [0.717, 1.165) is 25.0 Å². The second-order valence-electron chi connectivity index (χ2n) is 6.65. The highest BCUT2D eigenvalue weighted by atomic mass is 32.2. The molecule has 2 aliphatic rings. The Morgan fingerprint density at radius 2 is 1.93 bits per heavy atom. The number of nitrogens with zero attached hydrogens (tertiary/aromatic N) is 1. The van der Waals surface area contributed by atoms with E-state index in [9.17, 15) is 14.4 Å². The summed E-state index contributed by atoms with van der Waals surface area (Å²) in [6.45, 7) is 0.420. The van der Waals surface area contributed by atoms with Gasteiger partial charge in [0.15, 0.2) is 5.96 Å². The first kappa shape index (κ1) is 23.8. The molecule has 28 heavy (non-hydrogen) atoms. The number of nitrogens with two attached hydrogens (primary N) is 3. The lowest BCUT2D eigenvalue weighted by Gasteiger charge is -2.16. The first-order valence-corrected chi connectivity index (χ1v) is 10.2. The van der Waals surface area contributed by atoms with Gasteiger partial charge in [-0.1, -0.05) is 6.42 Å². The number of fused-ring (bicyclic) bond motifs is 1. The summed E-state index contributed by atoms with van der Waals surface area (Å²) < 4.78 is 0. The van der Waals surface area contributed by atoms with E-state index in [4.69, 9.17) is 27.4 Å². The van der Waals surface area contributed by atoms with Gasteiger partial charge in [-0.3, -0.25) is 14.6 Å². The zero-order valence-corrected chi connectivity index (χ0v) is 16.5. The number of urea groups is 1. The fraction of sp³-hybridized carbons (Fsp3) is 0.750. The number of hydrogen-bond acceptors (Lipinski definition) is 6. The van der Waals surface area contributed by atoms with Crippen molar-refractivity contribution < 1.29 is 24.6 Å². The van der Waals surface area contributed by atoms with Gasteiger partial charge >= 0.3 is 18.0 Å². The molecule has 1 unspecified atom stereocenters. The Balaban J connectivity index is 0.000000295. The van der Waals surface area contributed by atoms with E-state index in [-0.39, 0.29) is 30.5 Å². The summed E-state index contributed by atoms with van der Waals surface area (Å²) in [4.78, 5) is 35.4. The van der Waals surface area contributed by atoms with Crippen LogP contribution in [0.2, 0.25) is 0 Å². The van der Waals surface area contributed by atoms with Crippen LogP contribution in [0.15, 0.2) is 4.99 Å². The van der Waals surface area contributed by atoms with Crippen LogP contribution >= 0.6 is 11.8 Å². The fourth-order valence-electron chi connectivity index (χ4n) is 2.91. The topological polar surface area (TPSA) is 206 Å². The monoisotopic (exact) mass is 418 g/mol. The lowest BCUT2D eigenvalue weighted by molar-refractivity contribution is -0.139. The second kappa shape index (κ2) is 12.3. The van der Waals surface area contributed by atoms with Crippen LogP contribution in [0, 0.1) is 0 Å². The first-order valence-electron chi connectivity index (χ1n) is 9.15. The van der Waals surface area contributed by atoms with Crippen molar-refractivity contribution in [2.24, 2.45) is 22.2 Å². The number of carboxylic acid groups (broad SMARTS) is 2. The Morgan fingerprint density at radius 3 is 2.54 bits per heavy atom. The lowest BCUT2D eigenvalue weighted by Crippen LogP contribution is -2.36. The highest BCUT2D eigenvalue weighted by Crippen LogP contribution is 2.33. The smallest absolute Gasteiger partial charge is 0.320 e. The summed E-state index contributed by atoms with van der Waals surface area (Å²) in [5.74, 6) is -0.751. The molecule has 2 rings (SSSR count). The number of guanidine groups is 1. The van der Waals surface area contributed by atoms with Crippen LogP contribution in [0.25, 0.3) is 0 Å². The number of carbonyl (C=O) groups is 3. The normalized spacial score (nSPS) is 23.5. The van der Waals surface area contributed by atoms with E-state index < -0.39 is 18.0 Å². The van der Waals surface area contributed by atoms with Gasteiger partial charge in [-0.05, 0) is 25.7 Å². The van der Waals surface area contributed by atoms with Crippen LogP contribution in [0.1, 0.15) is 38.5 Å². The molecule has 0 aliphatic carbocycles. The molecule has 10 N–H and O–H groups in total. The Kier molecular flexibility index (Phi) is 10.5. The van der Waals surface area contributed by atoms with Crippen molar-refractivity contribution in [1.82, 2.24) is 10.6 Å². The van der Waals surface area contributed by atoms with Crippen molar-refractivity contribution in [3.05, 3.63) is 0 Å². The minimum absolute atomic E-state index is 0.0129. The van der Waals surface area contributed by atoms with Gasteiger partial charge < -0.3 is 38.0 Å². The Morgan fingerprint density at radius 1 is 1.21 bits per heavy atom. The fourth-order valence-corrected chi connectivity index (χ4v) is 4.45. The molecule has 2 amide bonds. The molecule has 4 atom stereocenters. The van der Waals surface area contributed by atoms with Crippen molar-refractivity contribution in [3.8, 4) is 0 Å². The Bertz CT molecular complexity index is 572. The van der Waals surface area contributed by atoms with E-state index in [1.165, 1.54) is 0 Å². The molecule has 0 spiro atoms. The molecule has 2 aliphatic heterocycles. The van der Waals surface area contributed by atoms with E-state index in [1.54, 1.807) is 0 Å². The number of hydrogen-bond donors (Lipinski definition) is 7. The predicted octanol–water partition coefficient (Wildman–Crippen LogP) is -0.751. The van der Waals surface area contributed by atoms with Gasteiger partial charge in [0.2, 0.25) is 0 Å². The number of thioether (sulfide) groups is 1. The molecule has 0 aromatic heterocycles. The molecule has 2 saturated heterocycles. The van der Waals surface area contributed by atoms with E-state index >= 15 is 0 Å². The van der Waals surface area contributed by atoms with Crippen molar-refractivity contribution in [2.75, 3.05) is 12.3 Å². The maximum absolute atomic E-state index is 11.1. The number of aliphatic carboxylic acids is 2. The molecular weight excluding hydrogens is 388 g/mol. The van der Waals surface area contributed by atoms with Gasteiger partial charge in [-0.25, -0.2) is 4.79 Å². The minimum Gasteiger partial charge on any atom is -0.481 e. The average molecular weight is 419 g/mol. The SMILES string of the molecule is NC(N)=NCCCC(N)C(=O)O.O=C(O)CCCC[C@@H]1SC[C@@H]2NC(=O)N[C@@H]21. The van der Waals surface area contributed by atoms with E-state index in [1.807, 2.05) is 11.8 Å². The van der Waals surface area contributed by atoms with Crippen molar-refractivity contribution in [3.63, 3.8) is 0 Å². The third-order valence-corrected chi connectivity index (χ3v) is 5.86. The van der Waals surface area contributed by atoms with Gasteiger partial charge in [0.1, 0.15) is 6.04 Å². The summed E-state index contributed by atoms with van der Waals surface area (Å²) in [7, 11) is 0. The van der Waals surface area contributed by atoms with Gasteiger partial charge in [0, 0.05) is 24.0 Å². The molecule has 0 aromatic carbocycles. The molecular formula is C16H30N6O5S. The lowest BCUT2D eigenvalue weighted by atomic mass is 10.0. The van der Waals surface area contributed by atoms with Crippen LogP contribution < -0.4 is 27.8 Å². The van der Waals surface area contributed by atoms with Crippen molar-refractivity contribution in [2.45, 2.75) is 61.9 Å². The number of amides is 2. The van der Waals surface area contributed by atoms with Gasteiger partial charge in [-0.15, -0.1) is 0 Å². The molecule has 0 saturated carbocycles. The molecule has 0 bridgehead atoms. The van der Waals surface area contributed by atoms with Crippen molar-refractivity contribution >= 4 is 35.7 Å². The summed E-state index contributed by atoms with van der Waals surface area (Å²) in [6.07, 6.45) is 3.84. The van der Waals surface area contributed by atoms with E-state index in [2.05, 4.69) is 15.6 Å². The minimum atomic E-state index is -1.00. The number of carboxylic acids is 2. The molecule has 12 heteroatoms. The standard InChI is InChI=1S/C10H16N2O3S.C6H14N4O2/c13-8(14)4-2-1-3-7-9-6(5-16-7)11-10(15)12-9;7-4(5(11)12)2-1-3-10-6(8)9/h6-7,9H,1-5H2,(H,13,14)(H2,11,12,15);4H,1-3,7H2,(H,11,12)(H4,8,9,10)/t6-,7-,9-;/m0./s1. The second-order valence-corrected chi connectivity index (χ2v) is 7.93. The van der Waals surface area contributed by atoms with E-state index in [0.29, 0.717) is 24.6 Å². The summed E-state index contributed by atoms with van der Waals surface area (Å²) in [5, 5.41) is 23.2. The zero-order valence-electron chi connectivity index (χ0n) is 15.7. The maximum Gasteiger partial charge on any atom is 0.320 e. The van der Waals surface area contributed by atoms with Crippen molar-refractivity contribution in [1.29, 1.82) is 0 Å². The number of rotatable bonds is 10. The molecule has 0 aromatic rings. The maximum atomic E-state index is 11.1. The largest absolute Gasteiger partial charge is 0.481 e. The summed E-state index contributed by atoms with van der Waals surface area (Å²) >= 11 is 1.87. The highest BCUT2D eigenvalue weighted by molar-refractivity contribution is 8.00. The molecule has 2 fully saturated rings. The molecule has 2 heterocycles. The summed E-state index contributed by atoms with van der Waals surface area (Å²) in [6, 6.07) is -0.380. The van der Waals surface area contributed by atoms with Gasteiger partial charge in [-0.2, -0.15) is 11.8 Å². The molecule has 0 radical (unpaired) electrons. The Hall–Kier alpha value is -2.21. The van der Waals surface area contributed by atoms with Gasteiger partial charge in [0.05, 0.1) is 12.1 Å². The van der Waals surface area contributed by atoms with Gasteiger partial charge in [0.25, 0.3) is 0 Å². The number of carbonyl (C=O) groups excluding carboxylic acids is 1. The third-order valence-electron chi connectivity index (χ3n) is 4.35. The first-order chi connectivity index (χ1) is 13.2. The quantitative estimate of drug-likeness (QED) is 0.103. The van der Waals surface area contributed by atoms with Crippen LogP contribution in [0.4, 0.5) is 4.79 Å². The molecule has 160 valence electrons. The average Bonchev–Trinajstić information content (AvgIpc) is 3.15. The van der Waals surface area contributed by atoms with Crippen LogP contribution in [-0.4, -0.2) is 69.8 Å². The molecule has 11 nitrogen and oxygen atoms in total. The number of nitrogens with one attached hydrogen (secondary N) is 2. The predicted molar refractivity (Wildman–Crippen MR) is 107 cm³/mol. The highest BCUT2D eigenvalue weighted by Gasteiger charge is 2.42. The number of aliphatic imine (C=N–C) groups is 1. The van der Waals surface area contributed by atoms with Crippen LogP contribution in [-0.2, 0) is 9.59 Å². The zero-order chi connectivity index (χ0) is 21.1. The van der Waals surface area contributed by atoms with Crippen LogP contribution in [0.3, 0.4) is 0 Å². The number of unbranched alkanes of at least 4 members (excludes halogenated alkanes) is 1. The summed E-state index contributed by atoms with van der Waals surface area (Å²) in [5.41, 5.74) is 15.3. The third kappa shape index (κ3) is 9.13. The Labute approximate surface area is 167 Å².